The fraction of sp³-hybridized carbons (Fsp3) is 0.941. The fourth-order valence-electron chi connectivity index (χ4n) is 3.74. The normalized spacial score (nSPS) is 32.0. The Hall–Kier alpha value is -0.370. The Morgan fingerprint density at radius 2 is 1.79 bits per heavy atom. The number of likely N-dealkylation sites (tertiary alicyclic amines) is 1. The molecule has 1 saturated heterocycles. The van der Waals surface area contributed by atoms with Crippen LogP contribution in [0.1, 0.15) is 66.2 Å². The van der Waals surface area contributed by atoms with E-state index in [2.05, 4.69) is 32.6 Å². The molecule has 0 bridgehead atoms. The van der Waals surface area contributed by atoms with E-state index in [1.807, 2.05) is 0 Å². The summed E-state index contributed by atoms with van der Waals surface area (Å²) < 4.78 is 0. The van der Waals surface area contributed by atoms with E-state index >= 15 is 0 Å². The van der Waals surface area contributed by atoms with Crippen LogP contribution in [0.25, 0.3) is 0 Å². The minimum absolute atomic E-state index is 0.0754. The van der Waals surface area contributed by atoms with E-state index in [0.717, 1.165) is 19.4 Å². The van der Waals surface area contributed by atoms with Crippen LogP contribution in [-0.4, -0.2) is 30.3 Å². The minimum atomic E-state index is -0.0754. The third-order valence-electron chi connectivity index (χ3n) is 5.30. The van der Waals surface area contributed by atoms with Crippen LogP contribution in [0.4, 0.5) is 0 Å². The Kier molecular flexibility index (Phi) is 4.39. The lowest BCUT2D eigenvalue weighted by Crippen LogP contribution is -2.42. The van der Waals surface area contributed by atoms with Crippen molar-refractivity contribution in [1.29, 1.82) is 0 Å². The molecule has 2 fully saturated rings. The summed E-state index contributed by atoms with van der Waals surface area (Å²) in [6.45, 7) is 12.4. The summed E-state index contributed by atoms with van der Waals surface area (Å²) in [6.07, 6.45) is 7.31. The average molecular weight is 265 g/mol. The second kappa shape index (κ2) is 5.55. The van der Waals surface area contributed by atoms with Crippen LogP contribution < -0.4 is 0 Å². The molecule has 1 atom stereocenters. The molecule has 0 aromatic rings. The van der Waals surface area contributed by atoms with Gasteiger partial charge in [0.05, 0.1) is 0 Å². The number of carbonyl (C=O) groups is 1. The zero-order valence-corrected chi connectivity index (χ0v) is 13.3. The summed E-state index contributed by atoms with van der Waals surface area (Å²) in [5, 5.41) is 0. The molecule has 0 spiro atoms. The van der Waals surface area contributed by atoms with Gasteiger partial charge in [-0.3, -0.25) is 4.79 Å². The SMILES string of the molecule is CC1(C)CCCN(CC2CCCC(C)(C)C2=O)CC1. The highest BCUT2D eigenvalue weighted by Crippen LogP contribution is 2.36. The van der Waals surface area contributed by atoms with Crippen LogP contribution in [0, 0.1) is 16.7 Å². The van der Waals surface area contributed by atoms with Crippen LogP contribution in [0.5, 0.6) is 0 Å². The van der Waals surface area contributed by atoms with Crippen molar-refractivity contribution in [3.05, 3.63) is 0 Å². The molecule has 0 N–H and O–H groups in total. The van der Waals surface area contributed by atoms with Crippen molar-refractivity contribution in [3.63, 3.8) is 0 Å². The van der Waals surface area contributed by atoms with Gasteiger partial charge < -0.3 is 4.90 Å². The molecule has 2 nitrogen and oxygen atoms in total. The molecule has 2 heteroatoms. The molecule has 0 aromatic carbocycles. The number of rotatable bonds is 2. The predicted molar refractivity (Wildman–Crippen MR) is 80.2 cm³/mol. The summed E-state index contributed by atoms with van der Waals surface area (Å²) in [6, 6.07) is 0. The van der Waals surface area contributed by atoms with Gasteiger partial charge in [-0.25, -0.2) is 0 Å². The molecule has 1 heterocycles. The molecule has 0 amide bonds. The van der Waals surface area contributed by atoms with Crippen LogP contribution in [0.3, 0.4) is 0 Å². The first-order valence-corrected chi connectivity index (χ1v) is 8.07. The third-order valence-corrected chi connectivity index (χ3v) is 5.30. The van der Waals surface area contributed by atoms with Crippen molar-refractivity contribution in [2.24, 2.45) is 16.7 Å². The molecule has 1 unspecified atom stereocenters. The Balaban J connectivity index is 1.92. The van der Waals surface area contributed by atoms with E-state index in [0.29, 0.717) is 17.1 Å². The van der Waals surface area contributed by atoms with E-state index in [1.165, 1.54) is 38.8 Å². The van der Waals surface area contributed by atoms with E-state index in [4.69, 9.17) is 0 Å². The lowest BCUT2D eigenvalue weighted by Gasteiger charge is -2.36. The Morgan fingerprint density at radius 1 is 1.05 bits per heavy atom. The molecular weight excluding hydrogens is 234 g/mol. The second-order valence-electron chi connectivity index (χ2n) is 8.16. The van der Waals surface area contributed by atoms with Crippen LogP contribution in [0.2, 0.25) is 0 Å². The summed E-state index contributed by atoms with van der Waals surface area (Å²) in [5.41, 5.74) is 0.415. The standard InChI is InChI=1S/C17H31NO/c1-16(2)8-6-11-18(12-10-16)13-14-7-5-9-17(3,4)15(14)19/h14H,5-13H2,1-4H3. The largest absolute Gasteiger partial charge is 0.303 e. The quantitative estimate of drug-likeness (QED) is 0.755. The maximum absolute atomic E-state index is 12.5. The van der Waals surface area contributed by atoms with Gasteiger partial charge in [-0.2, -0.15) is 0 Å². The monoisotopic (exact) mass is 265 g/mol. The van der Waals surface area contributed by atoms with Crippen LogP contribution in [-0.2, 0) is 4.79 Å². The maximum Gasteiger partial charge on any atom is 0.142 e. The summed E-state index contributed by atoms with van der Waals surface area (Å²) >= 11 is 0. The van der Waals surface area contributed by atoms with Crippen molar-refractivity contribution in [2.45, 2.75) is 66.2 Å². The molecule has 1 aliphatic heterocycles. The number of Topliss-reactive ketones (excluding diaryl/α,β-unsaturated/α-hetero) is 1. The van der Waals surface area contributed by atoms with Gasteiger partial charge in [-0.05, 0) is 50.6 Å². The first kappa shape index (κ1) is 15.0. The molecule has 1 aliphatic carbocycles. The fourth-order valence-corrected chi connectivity index (χ4v) is 3.74. The van der Waals surface area contributed by atoms with E-state index in [-0.39, 0.29) is 5.41 Å². The molecule has 2 rings (SSSR count). The van der Waals surface area contributed by atoms with E-state index in [1.54, 1.807) is 0 Å². The van der Waals surface area contributed by atoms with Gasteiger partial charge in [0.1, 0.15) is 5.78 Å². The van der Waals surface area contributed by atoms with Crippen molar-refractivity contribution < 1.29 is 4.79 Å². The molecule has 0 aromatic heterocycles. The smallest absolute Gasteiger partial charge is 0.142 e. The first-order valence-electron chi connectivity index (χ1n) is 8.07. The molecule has 2 aliphatic rings. The van der Waals surface area contributed by atoms with Crippen molar-refractivity contribution in [2.75, 3.05) is 19.6 Å². The molecule has 1 saturated carbocycles. The zero-order valence-electron chi connectivity index (χ0n) is 13.3. The second-order valence-corrected chi connectivity index (χ2v) is 8.16. The summed E-state index contributed by atoms with van der Waals surface area (Å²) in [7, 11) is 0. The zero-order chi connectivity index (χ0) is 14.1. The summed E-state index contributed by atoms with van der Waals surface area (Å²) in [4.78, 5) is 15.1. The van der Waals surface area contributed by atoms with E-state index in [9.17, 15) is 4.79 Å². The van der Waals surface area contributed by atoms with Crippen molar-refractivity contribution >= 4 is 5.78 Å². The molecule has 19 heavy (non-hydrogen) atoms. The lowest BCUT2D eigenvalue weighted by atomic mass is 9.71. The minimum Gasteiger partial charge on any atom is -0.303 e. The van der Waals surface area contributed by atoms with E-state index < -0.39 is 0 Å². The topological polar surface area (TPSA) is 20.3 Å². The Bertz CT molecular complexity index is 332. The van der Waals surface area contributed by atoms with Gasteiger partial charge >= 0.3 is 0 Å². The number of nitrogens with zero attached hydrogens (tertiary/aromatic N) is 1. The first-order chi connectivity index (χ1) is 8.80. The molecule has 110 valence electrons. The Labute approximate surface area is 118 Å². The lowest BCUT2D eigenvalue weighted by molar-refractivity contribution is -0.135. The maximum atomic E-state index is 12.5. The summed E-state index contributed by atoms with van der Waals surface area (Å²) in [5.74, 6) is 0.812. The van der Waals surface area contributed by atoms with Crippen LogP contribution >= 0.6 is 0 Å². The van der Waals surface area contributed by atoms with Gasteiger partial charge in [0.2, 0.25) is 0 Å². The van der Waals surface area contributed by atoms with Gasteiger partial charge in [-0.1, -0.05) is 34.1 Å². The number of hydrogen-bond donors (Lipinski definition) is 0. The number of hydrogen-bond acceptors (Lipinski definition) is 2. The number of carbonyl (C=O) groups excluding carboxylic acids is 1. The highest BCUT2D eigenvalue weighted by Gasteiger charge is 2.38. The predicted octanol–water partition coefficient (Wildman–Crippen LogP) is 3.89. The molecule has 0 radical (unpaired) electrons. The van der Waals surface area contributed by atoms with Gasteiger partial charge in [0.25, 0.3) is 0 Å². The molecular formula is C17H31NO. The van der Waals surface area contributed by atoms with Gasteiger partial charge in [-0.15, -0.1) is 0 Å². The average Bonchev–Trinajstić information content (AvgIpc) is 2.47. The van der Waals surface area contributed by atoms with Crippen molar-refractivity contribution in [1.82, 2.24) is 4.90 Å². The van der Waals surface area contributed by atoms with Crippen molar-refractivity contribution in [3.8, 4) is 0 Å². The highest BCUT2D eigenvalue weighted by molar-refractivity contribution is 5.87. The Morgan fingerprint density at radius 3 is 2.53 bits per heavy atom. The van der Waals surface area contributed by atoms with Crippen LogP contribution in [0.15, 0.2) is 0 Å². The number of ketones is 1. The highest BCUT2D eigenvalue weighted by atomic mass is 16.1. The third kappa shape index (κ3) is 3.81. The van der Waals surface area contributed by atoms with Gasteiger partial charge in [0, 0.05) is 17.9 Å². The van der Waals surface area contributed by atoms with Gasteiger partial charge in [0.15, 0.2) is 0 Å².